The number of nitrogens with one attached hydrogen (secondary N) is 2. The fourth-order valence-electron chi connectivity index (χ4n) is 4.21. The van der Waals surface area contributed by atoms with Crippen LogP contribution in [0.15, 0.2) is 60.7 Å². The van der Waals surface area contributed by atoms with Gasteiger partial charge in [0.2, 0.25) is 11.8 Å². The first-order valence-corrected chi connectivity index (χ1v) is 12.5. The first-order chi connectivity index (χ1) is 16.9. The van der Waals surface area contributed by atoms with E-state index in [2.05, 4.69) is 10.6 Å². The molecule has 0 bridgehead atoms. The highest BCUT2D eigenvalue weighted by Crippen LogP contribution is 2.13. The summed E-state index contributed by atoms with van der Waals surface area (Å²) in [5.41, 5.74) is 1.66. The van der Waals surface area contributed by atoms with Crippen molar-refractivity contribution in [1.29, 1.82) is 0 Å². The Balaban J connectivity index is 1.70. The number of carbonyl (C=O) groups is 3. The van der Waals surface area contributed by atoms with Crippen molar-refractivity contribution in [2.75, 3.05) is 32.8 Å². The molecule has 0 aromatic heterocycles. The Labute approximate surface area is 208 Å². The molecule has 35 heavy (non-hydrogen) atoms. The molecule has 0 saturated carbocycles. The predicted molar refractivity (Wildman–Crippen MR) is 136 cm³/mol. The summed E-state index contributed by atoms with van der Waals surface area (Å²) in [4.78, 5) is 41.4. The highest BCUT2D eigenvalue weighted by atomic mass is 16.5. The summed E-state index contributed by atoms with van der Waals surface area (Å²) in [6.45, 7) is 6.85. The fourth-order valence-corrected chi connectivity index (χ4v) is 4.21. The smallest absolute Gasteiger partial charge is 0.243 e. The zero-order chi connectivity index (χ0) is 25.0. The van der Waals surface area contributed by atoms with Crippen LogP contribution in [0, 0.1) is 5.92 Å². The van der Waals surface area contributed by atoms with Gasteiger partial charge in [-0.3, -0.25) is 19.3 Å². The summed E-state index contributed by atoms with van der Waals surface area (Å²) in [5.74, 6) is -0.429. The maximum atomic E-state index is 13.4. The van der Waals surface area contributed by atoms with Gasteiger partial charge in [0.25, 0.3) is 0 Å². The van der Waals surface area contributed by atoms with Gasteiger partial charge in [0.1, 0.15) is 6.04 Å². The quantitative estimate of drug-likeness (QED) is 0.457. The lowest BCUT2D eigenvalue weighted by molar-refractivity contribution is -0.130. The fraction of sp³-hybridized carbons (Fsp3) is 0.464. The van der Waals surface area contributed by atoms with Crippen molar-refractivity contribution in [1.82, 2.24) is 15.5 Å². The molecule has 2 amide bonds. The van der Waals surface area contributed by atoms with Crippen LogP contribution in [-0.4, -0.2) is 67.4 Å². The number of aryl methyl sites for hydroxylation is 1. The topological polar surface area (TPSA) is 87.7 Å². The summed E-state index contributed by atoms with van der Waals surface area (Å²) in [5, 5.41) is 5.88. The molecule has 1 aliphatic rings. The average molecular weight is 480 g/mol. The average Bonchev–Trinajstić information content (AvgIpc) is 2.87. The molecular weight excluding hydrogens is 442 g/mol. The lowest BCUT2D eigenvalue weighted by Gasteiger charge is -2.28. The van der Waals surface area contributed by atoms with Crippen LogP contribution in [0.1, 0.15) is 42.6 Å². The Morgan fingerprint density at radius 1 is 0.886 bits per heavy atom. The van der Waals surface area contributed by atoms with Crippen molar-refractivity contribution in [2.24, 2.45) is 5.92 Å². The maximum absolute atomic E-state index is 13.4. The van der Waals surface area contributed by atoms with Crippen molar-refractivity contribution in [3.63, 3.8) is 0 Å². The van der Waals surface area contributed by atoms with Gasteiger partial charge in [-0.05, 0) is 30.7 Å². The van der Waals surface area contributed by atoms with Crippen LogP contribution < -0.4 is 10.6 Å². The lowest BCUT2D eigenvalue weighted by atomic mass is 9.95. The van der Waals surface area contributed by atoms with Crippen molar-refractivity contribution >= 4 is 17.6 Å². The number of ketones is 1. The van der Waals surface area contributed by atoms with Gasteiger partial charge in [-0.15, -0.1) is 0 Å². The molecular formula is C28H37N3O4. The summed E-state index contributed by atoms with van der Waals surface area (Å²) < 4.78 is 5.35. The first kappa shape index (κ1) is 26.6. The first-order valence-electron chi connectivity index (χ1n) is 12.5. The minimum atomic E-state index is -0.734. The molecule has 188 valence electrons. The highest BCUT2D eigenvalue weighted by Gasteiger charge is 2.28. The van der Waals surface area contributed by atoms with Gasteiger partial charge in [-0.2, -0.15) is 0 Å². The molecule has 1 heterocycles. The van der Waals surface area contributed by atoms with Crippen LogP contribution in [0.5, 0.6) is 0 Å². The van der Waals surface area contributed by atoms with E-state index in [1.165, 1.54) is 0 Å². The van der Waals surface area contributed by atoms with Gasteiger partial charge < -0.3 is 15.4 Å². The van der Waals surface area contributed by atoms with E-state index in [0.29, 0.717) is 51.1 Å². The molecule has 7 nitrogen and oxygen atoms in total. The number of nitrogens with zero attached hydrogens (tertiary/aromatic N) is 1. The number of carbonyl (C=O) groups excluding carboxylic acids is 3. The van der Waals surface area contributed by atoms with Crippen LogP contribution in [0.4, 0.5) is 0 Å². The van der Waals surface area contributed by atoms with Gasteiger partial charge in [0, 0.05) is 18.7 Å². The second-order valence-corrected chi connectivity index (χ2v) is 9.45. The number of morpholine rings is 1. The Morgan fingerprint density at radius 2 is 1.51 bits per heavy atom. The van der Waals surface area contributed by atoms with Crippen molar-refractivity contribution in [3.05, 3.63) is 71.8 Å². The van der Waals surface area contributed by atoms with Crippen molar-refractivity contribution in [2.45, 2.75) is 45.2 Å². The van der Waals surface area contributed by atoms with Gasteiger partial charge in [-0.1, -0.05) is 74.5 Å². The molecule has 0 unspecified atom stereocenters. The number of hydrogen-bond donors (Lipinski definition) is 2. The number of amides is 2. The Morgan fingerprint density at radius 3 is 2.14 bits per heavy atom. The molecule has 1 aliphatic heterocycles. The van der Waals surface area contributed by atoms with Crippen molar-refractivity contribution < 1.29 is 19.1 Å². The molecule has 3 rings (SSSR count). The second-order valence-electron chi connectivity index (χ2n) is 9.45. The van der Waals surface area contributed by atoms with E-state index in [1.807, 2.05) is 67.3 Å². The van der Waals surface area contributed by atoms with Crippen LogP contribution in [0.2, 0.25) is 0 Å². The zero-order valence-electron chi connectivity index (χ0n) is 20.7. The Bertz CT molecular complexity index is 943. The number of Topliss-reactive ketones (excluding diaryl/α,β-unsaturated/α-hetero) is 1. The lowest BCUT2D eigenvalue weighted by Crippen LogP contribution is -2.54. The maximum Gasteiger partial charge on any atom is 0.243 e. The predicted octanol–water partition coefficient (Wildman–Crippen LogP) is 2.85. The summed E-state index contributed by atoms with van der Waals surface area (Å²) >= 11 is 0. The molecule has 1 saturated heterocycles. The minimum absolute atomic E-state index is 0.117. The van der Waals surface area contributed by atoms with Gasteiger partial charge in [0.05, 0.1) is 25.8 Å². The third kappa shape index (κ3) is 8.92. The standard InChI is InChI=1S/C28H37N3O4/c1-21(2)19-25(27(33)23-11-7-4-8-12-23)30-28(34)24(14-13-22-9-5-3-6-10-22)29-26(32)20-31-15-17-35-18-16-31/h3-12,21,24-25H,13-20H2,1-2H3,(H,29,32)(H,30,34)/t24-,25-/m0/s1. The molecule has 2 aromatic rings. The number of benzene rings is 2. The van der Waals surface area contributed by atoms with E-state index < -0.39 is 12.1 Å². The van der Waals surface area contributed by atoms with Crippen LogP contribution >= 0.6 is 0 Å². The van der Waals surface area contributed by atoms with E-state index in [1.54, 1.807) is 12.1 Å². The normalized spacial score (nSPS) is 15.9. The number of ether oxygens (including phenoxy) is 1. The highest BCUT2D eigenvalue weighted by molar-refractivity contribution is 6.02. The van der Waals surface area contributed by atoms with Gasteiger partial charge in [-0.25, -0.2) is 0 Å². The monoisotopic (exact) mass is 479 g/mol. The largest absolute Gasteiger partial charge is 0.379 e. The second kappa shape index (κ2) is 13.8. The molecule has 0 spiro atoms. The van der Waals surface area contributed by atoms with E-state index in [-0.39, 0.29) is 30.1 Å². The van der Waals surface area contributed by atoms with Crippen LogP contribution in [0.3, 0.4) is 0 Å². The van der Waals surface area contributed by atoms with E-state index in [4.69, 9.17) is 4.74 Å². The SMILES string of the molecule is CC(C)C[C@H](NC(=O)[C@H](CCc1ccccc1)NC(=O)CN1CCOCC1)C(=O)c1ccccc1. The van der Waals surface area contributed by atoms with Crippen LogP contribution in [0.25, 0.3) is 0 Å². The third-order valence-electron chi connectivity index (χ3n) is 6.09. The number of hydrogen-bond acceptors (Lipinski definition) is 5. The van der Waals surface area contributed by atoms with Gasteiger partial charge >= 0.3 is 0 Å². The Hall–Kier alpha value is -3.03. The minimum Gasteiger partial charge on any atom is -0.379 e. The molecule has 2 N–H and O–H groups in total. The number of rotatable bonds is 12. The van der Waals surface area contributed by atoms with Crippen molar-refractivity contribution in [3.8, 4) is 0 Å². The summed E-state index contributed by atoms with van der Waals surface area (Å²) in [6, 6.07) is 17.5. The zero-order valence-corrected chi connectivity index (χ0v) is 20.7. The Kier molecular flexibility index (Phi) is 10.4. The molecule has 1 fully saturated rings. The van der Waals surface area contributed by atoms with Crippen LogP contribution in [-0.2, 0) is 20.7 Å². The van der Waals surface area contributed by atoms with E-state index >= 15 is 0 Å². The van der Waals surface area contributed by atoms with E-state index in [9.17, 15) is 14.4 Å². The molecule has 0 radical (unpaired) electrons. The molecule has 2 aromatic carbocycles. The summed E-state index contributed by atoms with van der Waals surface area (Å²) in [6.07, 6.45) is 1.60. The van der Waals surface area contributed by atoms with Gasteiger partial charge in [0.15, 0.2) is 5.78 Å². The van der Waals surface area contributed by atoms with E-state index in [0.717, 1.165) is 5.56 Å². The molecule has 2 atom stereocenters. The molecule has 7 heteroatoms. The molecule has 0 aliphatic carbocycles. The summed E-state index contributed by atoms with van der Waals surface area (Å²) in [7, 11) is 0. The third-order valence-corrected chi connectivity index (χ3v) is 6.09.